The first-order valence-corrected chi connectivity index (χ1v) is 18.0. The Morgan fingerprint density at radius 2 is 1.64 bits per heavy atom. The van der Waals surface area contributed by atoms with E-state index in [-0.39, 0.29) is 41.5 Å². The minimum atomic E-state index is -1.08. The molecule has 11 heteroatoms. The van der Waals surface area contributed by atoms with E-state index in [2.05, 4.69) is 10.6 Å². The lowest BCUT2D eigenvalue weighted by Gasteiger charge is -2.34. The molecule has 2 aromatic carbocycles. The normalized spacial score (nSPS) is 19.0. The van der Waals surface area contributed by atoms with Crippen LogP contribution >= 0.6 is 11.6 Å². The summed E-state index contributed by atoms with van der Waals surface area (Å²) < 4.78 is 23.4. The number of benzene rings is 2. The summed E-state index contributed by atoms with van der Waals surface area (Å²) in [5.74, 6) is -0.746. The van der Waals surface area contributed by atoms with Crippen LogP contribution in [0, 0.1) is 16.7 Å². The van der Waals surface area contributed by atoms with E-state index in [0.29, 0.717) is 43.1 Å². The molecule has 1 saturated heterocycles. The van der Waals surface area contributed by atoms with Gasteiger partial charge in [-0.15, -0.1) is 0 Å². The van der Waals surface area contributed by atoms with Crippen LogP contribution in [0.3, 0.4) is 0 Å². The van der Waals surface area contributed by atoms with Crippen molar-refractivity contribution in [1.29, 1.82) is 0 Å². The fourth-order valence-electron chi connectivity index (χ4n) is 5.98. The molecular weight excluding hydrogens is 658 g/mol. The fourth-order valence-corrected chi connectivity index (χ4v) is 6.26. The topological polar surface area (TPSA) is 142 Å². The zero-order valence-electron chi connectivity index (χ0n) is 31.4. The Kier molecular flexibility index (Phi) is 14.7. The van der Waals surface area contributed by atoms with Crippen molar-refractivity contribution < 1.29 is 33.3 Å². The molecule has 0 spiro atoms. The molecular formula is C39H58ClN3O7. The van der Waals surface area contributed by atoms with Crippen molar-refractivity contribution in [2.24, 2.45) is 22.5 Å². The highest BCUT2D eigenvalue weighted by atomic mass is 35.5. The molecule has 1 amide bonds. The summed E-state index contributed by atoms with van der Waals surface area (Å²) in [7, 11) is 1.56. The Morgan fingerprint density at radius 3 is 2.18 bits per heavy atom. The number of hydrogen-bond acceptors (Lipinski definition) is 9. The first kappa shape index (κ1) is 41.2. The summed E-state index contributed by atoms with van der Waals surface area (Å²) in [6, 6.07) is 12.9. The van der Waals surface area contributed by atoms with Crippen molar-refractivity contribution in [3.05, 3.63) is 64.2 Å². The molecule has 0 bridgehead atoms. The average Bonchev–Trinajstić information content (AvgIpc) is 3.85. The Hall–Kier alpha value is -3.18. The van der Waals surface area contributed by atoms with Gasteiger partial charge in [-0.25, -0.2) is 4.79 Å². The van der Waals surface area contributed by atoms with Crippen LogP contribution in [0.1, 0.15) is 97.9 Å². The molecule has 10 nitrogen and oxygen atoms in total. The minimum absolute atomic E-state index is 0.0678. The van der Waals surface area contributed by atoms with Gasteiger partial charge in [0.15, 0.2) is 6.10 Å². The maximum atomic E-state index is 13.8. The molecule has 4 N–H and O–H groups in total. The molecule has 1 aliphatic rings. The zero-order chi connectivity index (χ0) is 37.4. The SMILES string of the molecule is CC[C@H](OC(=O)[C@H](CC(C)(C)C)OC(=O)C(C)(C)[C@H](C)NC[C@@H](Cc1ccc(OC)c(Cl)c1)NC(C)=O)[C@H](C)[C@H]1O[C@@H]1c1ccc(CN)cc1. The second kappa shape index (κ2) is 17.8. The van der Waals surface area contributed by atoms with Gasteiger partial charge in [0.25, 0.3) is 0 Å². The lowest BCUT2D eigenvalue weighted by Crippen LogP contribution is -2.52. The summed E-state index contributed by atoms with van der Waals surface area (Å²) in [5, 5.41) is 6.87. The van der Waals surface area contributed by atoms with Gasteiger partial charge in [0.05, 0.1) is 23.7 Å². The van der Waals surface area contributed by atoms with E-state index >= 15 is 0 Å². The van der Waals surface area contributed by atoms with Gasteiger partial charge in [-0.05, 0) is 67.9 Å². The van der Waals surface area contributed by atoms with E-state index in [0.717, 1.165) is 16.7 Å². The highest BCUT2D eigenvalue weighted by molar-refractivity contribution is 6.32. The third-order valence-corrected chi connectivity index (χ3v) is 9.83. The number of nitrogens with two attached hydrogens (primary N) is 1. The Morgan fingerprint density at radius 1 is 1.00 bits per heavy atom. The molecule has 1 fully saturated rings. The number of rotatable bonds is 18. The van der Waals surface area contributed by atoms with Crippen LogP contribution < -0.4 is 21.1 Å². The van der Waals surface area contributed by atoms with Gasteiger partial charge in [0, 0.05) is 44.4 Å². The van der Waals surface area contributed by atoms with E-state index in [1.54, 1.807) is 27.0 Å². The number of esters is 2. The highest BCUT2D eigenvalue weighted by Gasteiger charge is 2.48. The molecule has 3 rings (SSSR count). The number of halogens is 1. The largest absolute Gasteiger partial charge is 0.495 e. The van der Waals surface area contributed by atoms with Crippen LogP contribution in [0.25, 0.3) is 0 Å². The van der Waals surface area contributed by atoms with Crippen molar-refractivity contribution in [2.75, 3.05) is 13.7 Å². The standard InChI is InChI=1S/C39H58ClN3O7/c1-11-31(23(2)34-35(50-34)28-15-12-26(21-41)13-16-28)48-36(45)33(20-38(5,6)7)49-37(46)39(8,9)24(3)42-22-29(43-25(4)44)18-27-14-17-32(47-10)30(40)19-27/h12-17,19,23-24,29,31,33-35,42H,11,18,20-22,41H2,1-10H3,(H,43,44)/t23-,24-,29+,31-,33-,34+,35+/m0/s1. The van der Waals surface area contributed by atoms with E-state index in [1.165, 1.54) is 6.92 Å². The first-order chi connectivity index (χ1) is 23.4. The van der Waals surface area contributed by atoms with Crippen LogP contribution in [0.2, 0.25) is 5.02 Å². The molecule has 0 saturated carbocycles. The second-order valence-electron chi connectivity index (χ2n) is 15.3. The smallest absolute Gasteiger partial charge is 0.347 e. The van der Waals surface area contributed by atoms with Gasteiger partial charge in [-0.2, -0.15) is 0 Å². The number of methoxy groups -OCH3 is 1. The summed E-state index contributed by atoms with van der Waals surface area (Å²) in [6.45, 7) is 17.8. The maximum absolute atomic E-state index is 13.8. The Labute approximate surface area is 303 Å². The molecule has 7 atom stereocenters. The highest BCUT2D eigenvalue weighted by Crippen LogP contribution is 2.45. The summed E-state index contributed by atoms with van der Waals surface area (Å²) in [4.78, 5) is 39.5. The number of hydrogen-bond donors (Lipinski definition) is 3. The number of nitrogens with one attached hydrogen (secondary N) is 2. The first-order valence-electron chi connectivity index (χ1n) is 17.6. The third-order valence-electron chi connectivity index (χ3n) is 9.54. The van der Waals surface area contributed by atoms with Crippen LogP contribution in [-0.2, 0) is 41.6 Å². The van der Waals surface area contributed by atoms with E-state index in [4.69, 9.17) is 36.3 Å². The molecule has 0 radical (unpaired) electrons. The molecule has 2 aromatic rings. The van der Waals surface area contributed by atoms with Crippen molar-refractivity contribution in [2.45, 2.75) is 125 Å². The number of ether oxygens (including phenoxy) is 4. The number of carbonyl (C=O) groups is 3. The van der Waals surface area contributed by atoms with Gasteiger partial charge in [0.2, 0.25) is 5.91 Å². The van der Waals surface area contributed by atoms with Gasteiger partial charge in [-0.1, -0.05) is 76.6 Å². The Bertz CT molecular complexity index is 1440. The molecule has 1 aliphatic heterocycles. The van der Waals surface area contributed by atoms with Gasteiger partial charge < -0.3 is 35.3 Å². The van der Waals surface area contributed by atoms with Gasteiger partial charge in [0.1, 0.15) is 18.0 Å². The van der Waals surface area contributed by atoms with Gasteiger partial charge >= 0.3 is 11.9 Å². The molecule has 0 aliphatic carbocycles. The van der Waals surface area contributed by atoms with Gasteiger partial charge in [-0.3, -0.25) is 9.59 Å². The van der Waals surface area contributed by atoms with E-state index in [1.807, 2.05) is 77.9 Å². The van der Waals surface area contributed by atoms with Crippen molar-refractivity contribution >= 4 is 29.4 Å². The second-order valence-corrected chi connectivity index (χ2v) is 15.7. The molecule has 278 valence electrons. The summed E-state index contributed by atoms with van der Waals surface area (Å²) in [5.41, 5.74) is 7.45. The lowest BCUT2D eigenvalue weighted by atomic mass is 9.84. The molecule has 0 aromatic heterocycles. The average molecular weight is 716 g/mol. The van der Waals surface area contributed by atoms with Crippen molar-refractivity contribution in [3.8, 4) is 5.75 Å². The third kappa shape index (κ3) is 11.7. The fraction of sp³-hybridized carbons (Fsp3) is 0.615. The van der Waals surface area contributed by atoms with Crippen molar-refractivity contribution in [3.63, 3.8) is 0 Å². The predicted molar refractivity (Wildman–Crippen MR) is 196 cm³/mol. The number of amides is 1. The molecule has 0 unspecified atom stereocenters. The molecule has 1 heterocycles. The van der Waals surface area contributed by atoms with Crippen LogP contribution in [0.15, 0.2) is 42.5 Å². The maximum Gasteiger partial charge on any atom is 0.347 e. The summed E-state index contributed by atoms with van der Waals surface area (Å²) in [6.07, 6.45) is -0.255. The number of carbonyl (C=O) groups excluding carboxylic acids is 3. The predicted octanol–water partition coefficient (Wildman–Crippen LogP) is 6.30. The van der Waals surface area contributed by atoms with E-state index < -0.39 is 29.6 Å². The van der Waals surface area contributed by atoms with Crippen molar-refractivity contribution in [1.82, 2.24) is 10.6 Å². The minimum Gasteiger partial charge on any atom is -0.495 e. The molecule has 50 heavy (non-hydrogen) atoms. The zero-order valence-corrected chi connectivity index (χ0v) is 32.2. The quantitative estimate of drug-likeness (QED) is 0.120. The number of epoxide rings is 1. The van der Waals surface area contributed by atoms with Crippen LogP contribution in [0.4, 0.5) is 0 Å². The monoisotopic (exact) mass is 715 g/mol. The lowest BCUT2D eigenvalue weighted by molar-refractivity contribution is -0.181. The van der Waals surface area contributed by atoms with Crippen LogP contribution in [0.5, 0.6) is 5.75 Å². The van der Waals surface area contributed by atoms with E-state index in [9.17, 15) is 14.4 Å². The Balaban J connectivity index is 1.65. The van der Waals surface area contributed by atoms with Crippen LogP contribution in [-0.4, -0.2) is 61.9 Å². The summed E-state index contributed by atoms with van der Waals surface area (Å²) >= 11 is 6.33.